The van der Waals surface area contributed by atoms with Crippen LogP contribution >= 0.6 is 11.6 Å². The Morgan fingerprint density at radius 3 is 2.67 bits per heavy atom. The third kappa shape index (κ3) is 4.17. The normalized spacial score (nSPS) is 20.0. The van der Waals surface area contributed by atoms with Gasteiger partial charge in [0.25, 0.3) is 0 Å². The number of imide groups is 1. The van der Waals surface area contributed by atoms with Gasteiger partial charge in [-0.3, -0.25) is 14.5 Å². The van der Waals surface area contributed by atoms with E-state index in [4.69, 9.17) is 16.3 Å². The molecule has 2 rings (SSSR count). The van der Waals surface area contributed by atoms with Crippen molar-refractivity contribution in [1.82, 2.24) is 10.2 Å². The average Bonchev–Trinajstić information content (AvgIpc) is 2.72. The Kier molecular flexibility index (Phi) is 5.17. The third-order valence-corrected chi connectivity index (χ3v) is 3.49. The largest absolute Gasteiger partial charge is 0.491 e. The number of amides is 2. The molecular weight excluding hydrogens is 296 g/mol. The topological polar surface area (TPSA) is 78.9 Å². The van der Waals surface area contributed by atoms with Gasteiger partial charge in [0.05, 0.1) is 12.5 Å². The van der Waals surface area contributed by atoms with E-state index in [1.807, 2.05) is 0 Å². The summed E-state index contributed by atoms with van der Waals surface area (Å²) in [6, 6.07) is 6.24. The van der Waals surface area contributed by atoms with E-state index in [9.17, 15) is 14.7 Å². The molecule has 1 aromatic rings. The molecule has 1 saturated heterocycles. The minimum absolute atomic E-state index is 0.0827. The van der Waals surface area contributed by atoms with Crippen molar-refractivity contribution >= 4 is 23.4 Å². The molecule has 0 aliphatic carbocycles. The molecule has 6 nitrogen and oxygen atoms in total. The summed E-state index contributed by atoms with van der Waals surface area (Å²) < 4.78 is 5.40. The number of aliphatic hydroxyl groups is 1. The fraction of sp³-hybridized carbons (Fsp3) is 0.429. The fourth-order valence-electron chi connectivity index (χ4n) is 1.98. The van der Waals surface area contributed by atoms with E-state index in [-0.39, 0.29) is 31.4 Å². The molecule has 1 heterocycles. The number of aliphatic hydroxyl groups excluding tert-OH is 1. The molecule has 0 aromatic heterocycles. The van der Waals surface area contributed by atoms with Crippen molar-refractivity contribution in [2.75, 3.05) is 20.2 Å². The van der Waals surface area contributed by atoms with E-state index in [1.54, 1.807) is 24.3 Å². The predicted molar refractivity (Wildman–Crippen MR) is 77.1 cm³/mol. The third-order valence-electron chi connectivity index (χ3n) is 3.24. The quantitative estimate of drug-likeness (QED) is 0.745. The fourth-order valence-corrected chi connectivity index (χ4v) is 2.10. The summed E-state index contributed by atoms with van der Waals surface area (Å²) in [5.74, 6) is 0.112. The number of likely N-dealkylation sites (tertiary alicyclic amines) is 1. The molecule has 0 bridgehead atoms. The number of nitrogens with zero attached hydrogens (tertiary/aromatic N) is 1. The van der Waals surface area contributed by atoms with Crippen LogP contribution in [0, 0.1) is 0 Å². The number of likely N-dealkylation sites (N-methyl/N-ethyl adjacent to an activating group) is 1. The van der Waals surface area contributed by atoms with Gasteiger partial charge in [-0.1, -0.05) is 11.6 Å². The number of rotatable bonds is 6. The van der Waals surface area contributed by atoms with Crippen molar-refractivity contribution in [3.8, 4) is 5.75 Å². The van der Waals surface area contributed by atoms with Crippen molar-refractivity contribution in [1.29, 1.82) is 0 Å². The van der Waals surface area contributed by atoms with Crippen LogP contribution in [0.25, 0.3) is 0 Å². The van der Waals surface area contributed by atoms with Gasteiger partial charge in [-0.15, -0.1) is 0 Å². The first-order valence-corrected chi connectivity index (χ1v) is 6.95. The van der Waals surface area contributed by atoms with Gasteiger partial charge in [-0.2, -0.15) is 0 Å². The van der Waals surface area contributed by atoms with E-state index < -0.39 is 12.1 Å². The maximum absolute atomic E-state index is 11.7. The van der Waals surface area contributed by atoms with Gasteiger partial charge in [0, 0.05) is 18.6 Å². The maximum Gasteiger partial charge on any atom is 0.246 e. The minimum Gasteiger partial charge on any atom is -0.491 e. The lowest BCUT2D eigenvalue weighted by atomic mass is 10.2. The molecule has 114 valence electrons. The number of ether oxygens (including phenoxy) is 1. The summed E-state index contributed by atoms with van der Waals surface area (Å²) in [7, 11) is 1.45. The van der Waals surface area contributed by atoms with Crippen LogP contribution in [0.1, 0.15) is 6.42 Å². The van der Waals surface area contributed by atoms with E-state index in [0.717, 1.165) is 4.90 Å². The molecule has 7 heteroatoms. The van der Waals surface area contributed by atoms with Gasteiger partial charge < -0.3 is 15.2 Å². The Morgan fingerprint density at radius 2 is 2.10 bits per heavy atom. The van der Waals surface area contributed by atoms with Crippen LogP contribution < -0.4 is 10.1 Å². The second-order valence-electron chi connectivity index (χ2n) is 4.87. The van der Waals surface area contributed by atoms with Crippen LogP contribution in [-0.2, 0) is 9.59 Å². The monoisotopic (exact) mass is 312 g/mol. The first-order chi connectivity index (χ1) is 9.97. The minimum atomic E-state index is -0.783. The molecule has 0 spiro atoms. The van der Waals surface area contributed by atoms with Gasteiger partial charge in [0.1, 0.15) is 18.5 Å². The van der Waals surface area contributed by atoms with Gasteiger partial charge >= 0.3 is 0 Å². The Labute approximate surface area is 127 Å². The highest BCUT2D eigenvalue weighted by molar-refractivity contribution is 6.30. The number of hydrogen-bond acceptors (Lipinski definition) is 5. The van der Waals surface area contributed by atoms with Gasteiger partial charge in [0.15, 0.2) is 0 Å². The summed E-state index contributed by atoms with van der Waals surface area (Å²) in [4.78, 5) is 24.1. The Balaban J connectivity index is 1.73. The molecule has 0 radical (unpaired) electrons. The number of halogens is 1. The van der Waals surface area contributed by atoms with E-state index in [0.29, 0.717) is 10.8 Å². The maximum atomic E-state index is 11.7. The zero-order valence-electron chi connectivity index (χ0n) is 11.6. The summed E-state index contributed by atoms with van der Waals surface area (Å²) in [6.07, 6.45) is -0.658. The van der Waals surface area contributed by atoms with Crippen LogP contribution in [0.2, 0.25) is 5.02 Å². The highest BCUT2D eigenvalue weighted by atomic mass is 35.5. The summed E-state index contributed by atoms with van der Waals surface area (Å²) in [5, 5.41) is 13.3. The number of hydrogen-bond donors (Lipinski definition) is 2. The molecule has 2 unspecified atom stereocenters. The molecule has 2 atom stereocenters. The van der Waals surface area contributed by atoms with Crippen LogP contribution in [0.15, 0.2) is 24.3 Å². The van der Waals surface area contributed by atoms with Crippen molar-refractivity contribution in [3.05, 3.63) is 29.3 Å². The Bertz CT molecular complexity index is 520. The molecule has 21 heavy (non-hydrogen) atoms. The first kappa shape index (κ1) is 15.8. The second-order valence-corrected chi connectivity index (χ2v) is 5.31. The molecule has 1 fully saturated rings. The van der Waals surface area contributed by atoms with Crippen molar-refractivity contribution < 1.29 is 19.4 Å². The SMILES string of the molecule is CN1C(=O)CC(NCC(O)COc2ccc(Cl)cc2)C1=O. The van der Waals surface area contributed by atoms with Crippen LogP contribution in [0.4, 0.5) is 0 Å². The standard InChI is InChI=1S/C14H17ClN2O4/c1-17-13(19)6-12(14(17)20)16-7-10(18)8-21-11-4-2-9(15)3-5-11/h2-5,10,12,16,18H,6-8H2,1H3. The number of nitrogens with one attached hydrogen (secondary N) is 1. The number of benzene rings is 1. The number of carbonyl (C=O) groups excluding carboxylic acids is 2. The Morgan fingerprint density at radius 1 is 1.43 bits per heavy atom. The van der Waals surface area contributed by atoms with Crippen molar-refractivity contribution in [3.63, 3.8) is 0 Å². The van der Waals surface area contributed by atoms with Crippen LogP contribution in [0.3, 0.4) is 0 Å². The molecular formula is C14H17ClN2O4. The van der Waals surface area contributed by atoms with Crippen LogP contribution in [-0.4, -0.2) is 54.2 Å². The molecule has 1 aliphatic rings. The zero-order valence-corrected chi connectivity index (χ0v) is 12.3. The lowest BCUT2D eigenvalue weighted by molar-refractivity contribution is -0.137. The number of carbonyl (C=O) groups is 2. The highest BCUT2D eigenvalue weighted by Gasteiger charge is 2.35. The summed E-state index contributed by atoms with van der Waals surface area (Å²) in [6.45, 7) is 0.254. The highest BCUT2D eigenvalue weighted by Crippen LogP contribution is 2.15. The van der Waals surface area contributed by atoms with Gasteiger partial charge in [-0.05, 0) is 24.3 Å². The summed E-state index contributed by atoms with van der Waals surface area (Å²) >= 11 is 5.76. The van der Waals surface area contributed by atoms with Gasteiger partial charge in [0.2, 0.25) is 11.8 Å². The van der Waals surface area contributed by atoms with Crippen molar-refractivity contribution in [2.45, 2.75) is 18.6 Å². The predicted octanol–water partition coefficient (Wildman–Crippen LogP) is 0.427. The molecule has 1 aromatic carbocycles. The lowest BCUT2D eigenvalue weighted by Gasteiger charge is -2.16. The van der Waals surface area contributed by atoms with Crippen molar-refractivity contribution in [2.24, 2.45) is 0 Å². The van der Waals surface area contributed by atoms with Crippen LogP contribution in [0.5, 0.6) is 5.75 Å². The summed E-state index contributed by atoms with van der Waals surface area (Å²) in [5.41, 5.74) is 0. The molecule has 1 aliphatic heterocycles. The van der Waals surface area contributed by atoms with Gasteiger partial charge in [-0.25, -0.2) is 0 Å². The first-order valence-electron chi connectivity index (χ1n) is 6.57. The van der Waals surface area contributed by atoms with E-state index in [2.05, 4.69) is 5.32 Å². The molecule has 0 saturated carbocycles. The van der Waals surface area contributed by atoms with E-state index in [1.165, 1.54) is 7.05 Å². The smallest absolute Gasteiger partial charge is 0.246 e. The lowest BCUT2D eigenvalue weighted by Crippen LogP contribution is -2.42. The molecule has 2 N–H and O–H groups in total. The average molecular weight is 313 g/mol. The Hall–Kier alpha value is -1.63. The second kappa shape index (κ2) is 6.89. The zero-order chi connectivity index (χ0) is 15.4. The van der Waals surface area contributed by atoms with E-state index >= 15 is 0 Å². The molecule has 2 amide bonds.